The van der Waals surface area contributed by atoms with E-state index in [0.29, 0.717) is 16.1 Å². The molecule has 29 heavy (non-hydrogen) atoms. The van der Waals surface area contributed by atoms with Crippen LogP contribution in [0.1, 0.15) is 53.1 Å². The van der Waals surface area contributed by atoms with E-state index >= 15 is 0 Å². The van der Waals surface area contributed by atoms with Crippen LogP contribution in [-0.4, -0.2) is 24.3 Å². The smallest absolute Gasteiger partial charge is 0.326 e. The summed E-state index contributed by atoms with van der Waals surface area (Å²) in [6.45, 7) is 2.35. The summed E-state index contributed by atoms with van der Waals surface area (Å²) >= 11 is 1.41. The molecule has 0 aliphatic heterocycles. The number of hydrogen-bond donors (Lipinski definition) is 1. The molecule has 0 fully saturated rings. The predicted octanol–water partition coefficient (Wildman–Crippen LogP) is 3.89. The molecule has 7 heteroatoms. The Kier molecular flexibility index (Phi) is 6.14. The molecule has 2 aromatic rings. The summed E-state index contributed by atoms with van der Waals surface area (Å²) in [4.78, 5) is 38.5. The van der Waals surface area contributed by atoms with Crippen LogP contribution in [0.3, 0.4) is 0 Å². The SMILES string of the molecule is CC(C)(C#N)C(=O)OCC(=O)Nc1sc2c(c1C(=O)c1ccccc1)CCCC2. The number of nitrogens with one attached hydrogen (secondary N) is 1. The average Bonchev–Trinajstić information content (AvgIpc) is 3.09. The van der Waals surface area contributed by atoms with Gasteiger partial charge in [-0.2, -0.15) is 5.26 Å². The van der Waals surface area contributed by atoms with E-state index in [1.54, 1.807) is 24.3 Å². The molecule has 1 heterocycles. The number of carbonyl (C=O) groups is 3. The number of nitriles is 1. The number of thiophene rings is 1. The van der Waals surface area contributed by atoms with Crippen LogP contribution in [-0.2, 0) is 27.2 Å². The van der Waals surface area contributed by atoms with Gasteiger partial charge in [-0.25, -0.2) is 0 Å². The first kappa shape index (κ1) is 20.7. The van der Waals surface area contributed by atoms with Crippen LogP contribution in [0, 0.1) is 16.7 Å². The Bertz CT molecular complexity index is 986. The van der Waals surface area contributed by atoms with E-state index in [-0.39, 0.29) is 5.78 Å². The minimum absolute atomic E-state index is 0.122. The summed E-state index contributed by atoms with van der Waals surface area (Å²) in [7, 11) is 0. The number of ether oxygens (including phenoxy) is 1. The minimum Gasteiger partial charge on any atom is -0.454 e. The number of esters is 1. The summed E-state index contributed by atoms with van der Waals surface area (Å²) < 4.78 is 4.96. The quantitative estimate of drug-likeness (QED) is 0.576. The van der Waals surface area contributed by atoms with E-state index in [1.807, 2.05) is 12.1 Å². The lowest BCUT2D eigenvalue weighted by Gasteiger charge is -2.14. The van der Waals surface area contributed by atoms with E-state index in [9.17, 15) is 14.4 Å². The highest BCUT2D eigenvalue weighted by Crippen LogP contribution is 2.39. The molecule has 1 N–H and O–H groups in total. The molecule has 0 spiro atoms. The van der Waals surface area contributed by atoms with E-state index in [2.05, 4.69) is 5.32 Å². The van der Waals surface area contributed by atoms with Gasteiger partial charge in [0.15, 0.2) is 12.4 Å². The molecule has 1 aliphatic rings. The zero-order chi connectivity index (χ0) is 21.0. The largest absolute Gasteiger partial charge is 0.454 e. The van der Waals surface area contributed by atoms with Crippen molar-refractivity contribution in [2.24, 2.45) is 5.41 Å². The summed E-state index contributed by atoms with van der Waals surface area (Å²) in [5.74, 6) is -1.42. The molecule has 1 aromatic carbocycles. The first-order valence-corrected chi connectivity index (χ1v) is 10.3. The Hall–Kier alpha value is -2.98. The maximum Gasteiger partial charge on any atom is 0.326 e. The molecule has 0 bridgehead atoms. The van der Waals surface area contributed by atoms with Gasteiger partial charge in [0.05, 0.1) is 11.6 Å². The van der Waals surface area contributed by atoms with Crippen LogP contribution in [0.5, 0.6) is 0 Å². The van der Waals surface area contributed by atoms with E-state index in [0.717, 1.165) is 36.1 Å². The lowest BCUT2D eigenvalue weighted by atomic mass is 9.92. The highest BCUT2D eigenvalue weighted by Gasteiger charge is 2.30. The highest BCUT2D eigenvalue weighted by atomic mass is 32.1. The minimum atomic E-state index is -1.32. The number of ketones is 1. The Labute approximate surface area is 173 Å². The Morgan fingerprint density at radius 1 is 1.17 bits per heavy atom. The molecule has 0 saturated carbocycles. The van der Waals surface area contributed by atoms with Crippen molar-refractivity contribution >= 4 is 34.0 Å². The van der Waals surface area contributed by atoms with Crippen LogP contribution < -0.4 is 5.32 Å². The summed E-state index contributed by atoms with van der Waals surface area (Å²) in [5.41, 5.74) is 0.786. The highest BCUT2D eigenvalue weighted by molar-refractivity contribution is 7.17. The molecule has 1 amide bonds. The van der Waals surface area contributed by atoms with Crippen LogP contribution >= 0.6 is 11.3 Å². The Morgan fingerprint density at radius 3 is 2.55 bits per heavy atom. The summed E-state index contributed by atoms with van der Waals surface area (Å²) in [6.07, 6.45) is 3.75. The average molecular weight is 410 g/mol. The Morgan fingerprint density at radius 2 is 1.86 bits per heavy atom. The van der Waals surface area contributed by atoms with Crippen molar-refractivity contribution in [3.63, 3.8) is 0 Å². The van der Waals surface area contributed by atoms with Crippen molar-refractivity contribution in [3.8, 4) is 6.07 Å². The zero-order valence-corrected chi connectivity index (χ0v) is 17.2. The van der Waals surface area contributed by atoms with Crippen molar-refractivity contribution in [3.05, 3.63) is 51.9 Å². The molecule has 1 aliphatic carbocycles. The van der Waals surface area contributed by atoms with Gasteiger partial charge in [0.1, 0.15) is 10.4 Å². The van der Waals surface area contributed by atoms with Gasteiger partial charge in [0.2, 0.25) is 0 Å². The van der Waals surface area contributed by atoms with Gasteiger partial charge in [-0.15, -0.1) is 11.3 Å². The number of fused-ring (bicyclic) bond motifs is 1. The van der Waals surface area contributed by atoms with Gasteiger partial charge < -0.3 is 10.1 Å². The van der Waals surface area contributed by atoms with E-state index in [1.165, 1.54) is 25.2 Å². The van der Waals surface area contributed by atoms with E-state index in [4.69, 9.17) is 10.00 Å². The number of aryl methyl sites for hydroxylation is 1. The van der Waals surface area contributed by atoms with Gasteiger partial charge in [-0.05, 0) is 45.1 Å². The normalized spacial score (nSPS) is 13.1. The fraction of sp³-hybridized carbons (Fsp3) is 0.364. The number of rotatable bonds is 6. The van der Waals surface area contributed by atoms with Gasteiger partial charge in [0.25, 0.3) is 5.91 Å². The zero-order valence-electron chi connectivity index (χ0n) is 16.4. The lowest BCUT2D eigenvalue weighted by Crippen LogP contribution is -2.29. The van der Waals surface area contributed by atoms with Crippen LogP contribution in [0.2, 0.25) is 0 Å². The standard InChI is InChI=1S/C22H22N2O4S/c1-22(2,13-23)21(27)28-12-17(25)24-20-18(15-10-6-7-11-16(15)29-20)19(26)14-8-4-3-5-9-14/h3-5,8-9H,6-7,10-12H2,1-2H3,(H,24,25). The van der Waals surface area contributed by atoms with Gasteiger partial charge in [-0.3, -0.25) is 14.4 Å². The van der Waals surface area contributed by atoms with Crippen LogP contribution in [0.15, 0.2) is 30.3 Å². The van der Waals surface area contributed by atoms with Crippen molar-refractivity contribution in [2.45, 2.75) is 39.5 Å². The van der Waals surface area contributed by atoms with Gasteiger partial charge in [0, 0.05) is 10.4 Å². The molecule has 3 rings (SSSR count). The van der Waals surface area contributed by atoms with Gasteiger partial charge >= 0.3 is 5.97 Å². The third-order valence-electron chi connectivity index (χ3n) is 4.81. The number of anilines is 1. The van der Waals surface area contributed by atoms with Crippen molar-refractivity contribution in [1.29, 1.82) is 5.26 Å². The van der Waals surface area contributed by atoms with Crippen molar-refractivity contribution < 1.29 is 19.1 Å². The molecular weight excluding hydrogens is 388 g/mol. The molecule has 1 aromatic heterocycles. The number of amides is 1. The second-order valence-corrected chi connectivity index (χ2v) is 8.58. The number of benzene rings is 1. The lowest BCUT2D eigenvalue weighted by molar-refractivity contribution is -0.153. The van der Waals surface area contributed by atoms with Crippen LogP contribution in [0.25, 0.3) is 0 Å². The third-order valence-corrected chi connectivity index (χ3v) is 6.02. The van der Waals surface area contributed by atoms with Crippen molar-refractivity contribution in [1.82, 2.24) is 0 Å². The third kappa shape index (κ3) is 4.54. The second kappa shape index (κ2) is 8.58. The maximum absolute atomic E-state index is 13.2. The monoisotopic (exact) mass is 410 g/mol. The molecule has 150 valence electrons. The first-order valence-electron chi connectivity index (χ1n) is 9.46. The number of carbonyl (C=O) groups excluding carboxylic acids is 3. The van der Waals surface area contributed by atoms with Crippen molar-refractivity contribution in [2.75, 3.05) is 11.9 Å². The number of hydrogen-bond acceptors (Lipinski definition) is 6. The number of nitrogens with zero attached hydrogens (tertiary/aromatic N) is 1. The molecule has 0 saturated heterocycles. The fourth-order valence-corrected chi connectivity index (χ4v) is 4.45. The molecule has 0 unspecified atom stereocenters. The fourth-order valence-electron chi connectivity index (χ4n) is 3.15. The maximum atomic E-state index is 13.2. The molecule has 0 radical (unpaired) electrons. The van der Waals surface area contributed by atoms with Gasteiger partial charge in [-0.1, -0.05) is 30.3 Å². The van der Waals surface area contributed by atoms with E-state index < -0.39 is 23.9 Å². The predicted molar refractivity (Wildman–Crippen MR) is 110 cm³/mol. The molecule has 6 nitrogen and oxygen atoms in total. The summed E-state index contributed by atoms with van der Waals surface area (Å²) in [5, 5.41) is 12.2. The second-order valence-electron chi connectivity index (χ2n) is 7.47. The summed E-state index contributed by atoms with van der Waals surface area (Å²) in [6, 6.07) is 10.8. The van der Waals surface area contributed by atoms with Crippen LogP contribution in [0.4, 0.5) is 5.00 Å². The molecule has 0 atom stereocenters. The topological polar surface area (TPSA) is 96.3 Å². The Balaban J connectivity index is 1.81. The first-order chi connectivity index (χ1) is 13.8. The molecular formula is C22H22N2O4S.